The highest BCUT2D eigenvalue weighted by molar-refractivity contribution is 5.88. The van der Waals surface area contributed by atoms with E-state index in [1.165, 1.54) is 12.8 Å². The number of aromatic carboxylic acids is 1. The summed E-state index contributed by atoms with van der Waals surface area (Å²) >= 11 is 0. The van der Waals surface area contributed by atoms with Gasteiger partial charge >= 0.3 is 5.97 Å². The summed E-state index contributed by atoms with van der Waals surface area (Å²) in [5, 5.41) is 12.5. The van der Waals surface area contributed by atoms with E-state index >= 15 is 0 Å². The summed E-state index contributed by atoms with van der Waals surface area (Å²) in [7, 11) is 0. The molecule has 4 aromatic rings. The average molecular weight is 458 g/mol. The molecule has 0 bridgehead atoms. The SMILES string of the molecule is NCCc1nc(NCc2ccc(-c3ccc(C(=O)O)cc3)nc2)c2ncn(C3CCCC3)c2n1. The molecule has 174 valence electrons. The van der Waals surface area contributed by atoms with E-state index in [0.29, 0.717) is 31.4 Å². The highest BCUT2D eigenvalue weighted by Gasteiger charge is 2.21. The summed E-state index contributed by atoms with van der Waals surface area (Å²) in [6.07, 6.45) is 9.09. The van der Waals surface area contributed by atoms with Crippen LogP contribution in [0.1, 0.15) is 53.5 Å². The quantitative estimate of drug-likeness (QED) is 0.364. The van der Waals surface area contributed by atoms with Gasteiger partial charge in [0.05, 0.1) is 17.6 Å². The van der Waals surface area contributed by atoms with Gasteiger partial charge in [-0.1, -0.05) is 31.0 Å². The van der Waals surface area contributed by atoms with Crippen LogP contribution in [0.25, 0.3) is 22.4 Å². The molecule has 9 nitrogen and oxygen atoms in total. The second-order valence-corrected chi connectivity index (χ2v) is 8.58. The lowest BCUT2D eigenvalue weighted by Gasteiger charge is -2.13. The van der Waals surface area contributed by atoms with Crippen molar-refractivity contribution in [3.63, 3.8) is 0 Å². The molecule has 0 amide bonds. The zero-order chi connectivity index (χ0) is 23.5. The van der Waals surface area contributed by atoms with Gasteiger partial charge < -0.3 is 20.7 Å². The van der Waals surface area contributed by atoms with Crippen LogP contribution in [0.2, 0.25) is 0 Å². The van der Waals surface area contributed by atoms with Crippen LogP contribution in [-0.2, 0) is 13.0 Å². The number of benzene rings is 1. The highest BCUT2D eigenvalue weighted by atomic mass is 16.4. The second-order valence-electron chi connectivity index (χ2n) is 8.58. The lowest BCUT2D eigenvalue weighted by Crippen LogP contribution is -2.11. The van der Waals surface area contributed by atoms with Crippen molar-refractivity contribution in [2.75, 3.05) is 11.9 Å². The Hall–Kier alpha value is -3.85. The fourth-order valence-corrected chi connectivity index (χ4v) is 4.44. The summed E-state index contributed by atoms with van der Waals surface area (Å²) in [5.74, 6) is 0.483. The molecule has 0 aliphatic heterocycles. The molecule has 9 heteroatoms. The zero-order valence-corrected chi connectivity index (χ0v) is 18.8. The molecule has 34 heavy (non-hydrogen) atoms. The topological polar surface area (TPSA) is 132 Å². The van der Waals surface area contributed by atoms with Crippen molar-refractivity contribution < 1.29 is 9.90 Å². The Morgan fingerprint density at radius 1 is 1.09 bits per heavy atom. The number of fused-ring (bicyclic) bond motifs is 1. The van der Waals surface area contributed by atoms with Gasteiger partial charge in [0, 0.05) is 30.8 Å². The van der Waals surface area contributed by atoms with Crippen molar-refractivity contribution in [2.45, 2.75) is 44.7 Å². The maximum Gasteiger partial charge on any atom is 0.335 e. The number of anilines is 1. The van der Waals surface area contributed by atoms with Crippen molar-refractivity contribution in [2.24, 2.45) is 5.73 Å². The Labute approximate surface area is 197 Å². The summed E-state index contributed by atoms with van der Waals surface area (Å²) < 4.78 is 2.20. The number of aromatic nitrogens is 5. The average Bonchev–Trinajstić information content (AvgIpc) is 3.53. The van der Waals surface area contributed by atoms with E-state index in [2.05, 4.69) is 24.8 Å². The number of imidazole rings is 1. The molecule has 3 heterocycles. The third-order valence-corrected chi connectivity index (χ3v) is 6.27. The molecular formula is C25H27N7O2. The fraction of sp³-hybridized carbons (Fsp3) is 0.320. The zero-order valence-electron chi connectivity index (χ0n) is 18.8. The third-order valence-electron chi connectivity index (χ3n) is 6.27. The van der Waals surface area contributed by atoms with E-state index in [-0.39, 0.29) is 5.56 Å². The van der Waals surface area contributed by atoms with E-state index in [1.54, 1.807) is 24.3 Å². The van der Waals surface area contributed by atoms with Crippen molar-refractivity contribution in [3.8, 4) is 11.3 Å². The molecule has 1 saturated carbocycles. The normalized spacial score (nSPS) is 14.0. The predicted molar refractivity (Wildman–Crippen MR) is 130 cm³/mol. The van der Waals surface area contributed by atoms with E-state index < -0.39 is 5.97 Å². The molecule has 0 saturated heterocycles. The second kappa shape index (κ2) is 9.56. The van der Waals surface area contributed by atoms with Crippen molar-refractivity contribution in [3.05, 3.63) is 65.9 Å². The van der Waals surface area contributed by atoms with Crippen LogP contribution in [0, 0.1) is 0 Å². The molecule has 1 aromatic carbocycles. The minimum atomic E-state index is -0.942. The van der Waals surface area contributed by atoms with E-state index in [0.717, 1.165) is 46.7 Å². The maximum absolute atomic E-state index is 11.0. The summed E-state index contributed by atoms with van der Waals surface area (Å²) in [6, 6.07) is 11.1. The lowest BCUT2D eigenvalue weighted by atomic mass is 10.1. The number of carboxylic acids is 1. The molecule has 4 N–H and O–H groups in total. The first-order chi connectivity index (χ1) is 16.6. The van der Waals surface area contributed by atoms with Crippen LogP contribution in [0.4, 0.5) is 5.82 Å². The molecule has 0 unspecified atom stereocenters. The molecule has 5 rings (SSSR count). The first kappa shape index (κ1) is 22.0. The van der Waals surface area contributed by atoms with Gasteiger partial charge in [-0.05, 0) is 43.1 Å². The van der Waals surface area contributed by atoms with Crippen LogP contribution < -0.4 is 11.1 Å². The number of hydrogen-bond acceptors (Lipinski definition) is 7. The van der Waals surface area contributed by atoms with Crippen molar-refractivity contribution >= 4 is 23.0 Å². The van der Waals surface area contributed by atoms with E-state index in [9.17, 15) is 4.79 Å². The molecule has 3 aromatic heterocycles. The summed E-state index contributed by atoms with van der Waals surface area (Å²) in [6.45, 7) is 1.02. The number of hydrogen-bond donors (Lipinski definition) is 3. The van der Waals surface area contributed by atoms with Crippen LogP contribution in [0.5, 0.6) is 0 Å². The maximum atomic E-state index is 11.0. The Morgan fingerprint density at radius 2 is 1.88 bits per heavy atom. The van der Waals surface area contributed by atoms with Gasteiger partial charge in [-0.25, -0.2) is 19.7 Å². The largest absolute Gasteiger partial charge is 0.478 e. The molecule has 0 radical (unpaired) electrons. The number of rotatable bonds is 8. The first-order valence-corrected chi connectivity index (χ1v) is 11.6. The van der Waals surface area contributed by atoms with Gasteiger partial charge in [-0.2, -0.15) is 0 Å². The fourth-order valence-electron chi connectivity index (χ4n) is 4.44. The molecule has 1 fully saturated rings. The third kappa shape index (κ3) is 4.47. The monoisotopic (exact) mass is 457 g/mol. The number of carbonyl (C=O) groups is 1. The lowest BCUT2D eigenvalue weighted by molar-refractivity contribution is 0.0697. The minimum absolute atomic E-state index is 0.255. The van der Waals surface area contributed by atoms with Gasteiger partial charge in [0.1, 0.15) is 11.3 Å². The van der Waals surface area contributed by atoms with Gasteiger partial charge in [0.2, 0.25) is 0 Å². The highest BCUT2D eigenvalue weighted by Crippen LogP contribution is 2.32. The molecule has 1 aliphatic rings. The number of nitrogens with one attached hydrogen (secondary N) is 1. The Balaban J connectivity index is 1.35. The number of carboxylic acid groups (broad SMARTS) is 1. The smallest absolute Gasteiger partial charge is 0.335 e. The Bertz CT molecular complexity index is 1290. The Kier molecular flexibility index (Phi) is 6.18. The van der Waals surface area contributed by atoms with Gasteiger partial charge in [0.15, 0.2) is 11.5 Å². The minimum Gasteiger partial charge on any atom is -0.478 e. The predicted octanol–water partition coefficient (Wildman–Crippen LogP) is 3.81. The van der Waals surface area contributed by atoms with Crippen LogP contribution >= 0.6 is 0 Å². The van der Waals surface area contributed by atoms with E-state index in [1.807, 2.05) is 24.7 Å². The van der Waals surface area contributed by atoms with Crippen LogP contribution in [0.3, 0.4) is 0 Å². The molecular weight excluding hydrogens is 430 g/mol. The molecule has 1 aliphatic carbocycles. The van der Waals surface area contributed by atoms with Gasteiger partial charge in [-0.15, -0.1) is 0 Å². The Morgan fingerprint density at radius 3 is 2.56 bits per heavy atom. The van der Waals surface area contributed by atoms with E-state index in [4.69, 9.17) is 15.8 Å². The standard InChI is InChI=1S/C25H27N7O2/c26-12-11-21-30-23(22-24(31-21)32(15-29-22)19-3-1-2-4-19)28-14-16-5-10-20(27-13-16)17-6-8-18(9-7-17)25(33)34/h5-10,13,15,19H,1-4,11-12,14,26H2,(H,33,34)(H,28,30,31). The van der Waals surface area contributed by atoms with Gasteiger partial charge in [-0.3, -0.25) is 4.98 Å². The summed E-state index contributed by atoms with van der Waals surface area (Å²) in [4.78, 5) is 29.7. The van der Waals surface area contributed by atoms with Crippen molar-refractivity contribution in [1.29, 1.82) is 0 Å². The molecule has 0 spiro atoms. The van der Waals surface area contributed by atoms with Crippen molar-refractivity contribution in [1.82, 2.24) is 24.5 Å². The molecule has 0 atom stereocenters. The number of pyridine rings is 1. The number of nitrogens with two attached hydrogens (primary N) is 1. The first-order valence-electron chi connectivity index (χ1n) is 11.6. The van der Waals surface area contributed by atoms with Crippen LogP contribution in [-0.4, -0.2) is 42.1 Å². The van der Waals surface area contributed by atoms with Gasteiger partial charge in [0.25, 0.3) is 0 Å². The number of nitrogens with zero attached hydrogens (tertiary/aromatic N) is 5. The van der Waals surface area contributed by atoms with Crippen LogP contribution in [0.15, 0.2) is 48.9 Å². The summed E-state index contributed by atoms with van der Waals surface area (Å²) in [5.41, 5.74) is 10.3.